The molecule has 1 saturated heterocycles. The highest BCUT2D eigenvalue weighted by atomic mass is 32.2. The normalized spacial score (nSPS) is 15.5. The molecule has 1 fully saturated rings. The van der Waals surface area contributed by atoms with Crippen molar-refractivity contribution in [1.82, 2.24) is 9.21 Å². The fourth-order valence-electron chi connectivity index (χ4n) is 3.21. The van der Waals surface area contributed by atoms with E-state index in [4.69, 9.17) is 0 Å². The monoisotopic (exact) mass is 381 g/mol. The first kappa shape index (κ1) is 20.7. The molecule has 7 heteroatoms. The fraction of sp³-hybridized carbons (Fsp3) is 0.632. The Balaban J connectivity index is 1.80. The van der Waals surface area contributed by atoms with E-state index in [2.05, 4.69) is 24.0 Å². The molecule has 0 unspecified atom stereocenters. The molecule has 1 aromatic rings. The van der Waals surface area contributed by atoms with Gasteiger partial charge in [-0.05, 0) is 18.6 Å². The summed E-state index contributed by atoms with van der Waals surface area (Å²) in [5.74, 6) is 0.0434. The number of sulfonamides is 1. The first-order valence-electron chi connectivity index (χ1n) is 9.44. The molecule has 1 aliphatic heterocycles. The lowest BCUT2D eigenvalue weighted by molar-refractivity contribution is -0.131. The smallest absolute Gasteiger partial charge is 0.224 e. The highest BCUT2D eigenvalue weighted by Gasteiger charge is 2.23. The van der Waals surface area contributed by atoms with Gasteiger partial charge in [-0.1, -0.05) is 38.0 Å². The van der Waals surface area contributed by atoms with Crippen molar-refractivity contribution in [3.63, 3.8) is 0 Å². The zero-order valence-corrected chi connectivity index (χ0v) is 16.7. The Bertz CT molecular complexity index is 656. The van der Waals surface area contributed by atoms with Crippen LogP contribution in [0.3, 0.4) is 0 Å². The number of amides is 1. The average molecular weight is 382 g/mol. The summed E-state index contributed by atoms with van der Waals surface area (Å²) in [6.45, 7) is 5.85. The molecule has 26 heavy (non-hydrogen) atoms. The van der Waals surface area contributed by atoms with Crippen molar-refractivity contribution >= 4 is 21.6 Å². The molecule has 0 aliphatic carbocycles. The van der Waals surface area contributed by atoms with Crippen LogP contribution in [0.1, 0.15) is 32.6 Å². The summed E-state index contributed by atoms with van der Waals surface area (Å²) in [5, 5.41) is 0. The second-order valence-electron chi connectivity index (χ2n) is 6.82. The average Bonchev–Trinajstić information content (AvgIpc) is 2.64. The van der Waals surface area contributed by atoms with Crippen molar-refractivity contribution < 1.29 is 13.2 Å². The van der Waals surface area contributed by atoms with Crippen molar-refractivity contribution in [1.29, 1.82) is 0 Å². The number of benzene rings is 1. The van der Waals surface area contributed by atoms with Crippen molar-refractivity contribution in [3.05, 3.63) is 30.3 Å². The number of unbranched alkanes of at least 4 members (excludes halogenated alkanes) is 2. The van der Waals surface area contributed by atoms with Crippen LogP contribution in [0, 0.1) is 0 Å². The molecular weight excluding hydrogens is 350 g/mol. The van der Waals surface area contributed by atoms with Crippen LogP contribution in [0.15, 0.2) is 30.3 Å². The van der Waals surface area contributed by atoms with Gasteiger partial charge in [-0.3, -0.25) is 4.79 Å². The third kappa shape index (κ3) is 6.29. The molecule has 6 nitrogen and oxygen atoms in total. The molecular formula is C19H31N3O3S. The van der Waals surface area contributed by atoms with Gasteiger partial charge in [0.15, 0.2) is 0 Å². The van der Waals surface area contributed by atoms with E-state index in [0.29, 0.717) is 19.6 Å². The lowest BCUT2D eigenvalue weighted by Gasteiger charge is -2.36. The lowest BCUT2D eigenvalue weighted by Crippen LogP contribution is -2.49. The van der Waals surface area contributed by atoms with Crippen LogP contribution < -0.4 is 4.90 Å². The third-order valence-electron chi connectivity index (χ3n) is 4.81. The minimum absolute atomic E-state index is 0.0434. The molecule has 1 heterocycles. The Morgan fingerprint density at radius 2 is 1.69 bits per heavy atom. The minimum Gasteiger partial charge on any atom is -0.368 e. The van der Waals surface area contributed by atoms with Crippen LogP contribution in [0.25, 0.3) is 0 Å². The number of rotatable bonds is 9. The molecule has 1 aliphatic rings. The number of anilines is 1. The minimum atomic E-state index is -3.26. The highest BCUT2D eigenvalue weighted by Crippen LogP contribution is 2.16. The lowest BCUT2D eigenvalue weighted by atomic mass is 10.2. The van der Waals surface area contributed by atoms with Gasteiger partial charge in [-0.25, -0.2) is 12.7 Å². The molecule has 1 aromatic carbocycles. The van der Waals surface area contributed by atoms with Crippen molar-refractivity contribution in [2.75, 3.05) is 50.4 Å². The molecule has 146 valence electrons. The fourth-order valence-corrected chi connectivity index (χ4v) is 4.10. The topological polar surface area (TPSA) is 60.9 Å². The van der Waals surface area contributed by atoms with Crippen LogP contribution in [0.4, 0.5) is 5.69 Å². The number of hydrogen-bond donors (Lipinski definition) is 0. The predicted molar refractivity (Wildman–Crippen MR) is 106 cm³/mol. The number of piperazine rings is 1. The standard InChI is InChI=1S/C19H31N3O3S/c1-3-4-8-12-22(26(2,24)25)13-11-19(23)21-16-14-20(15-17-21)18-9-6-5-7-10-18/h5-7,9-10H,3-4,8,11-17H2,1-2H3. The predicted octanol–water partition coefficient (Wildman–Crippen LogP) is 2.18. The number of hydrogen-bond acceptors (Lipinski definition) is 4. The molecule has 0 atom stereocenters. The number of nitrogens with zero attached hydrogens (tertiary/aromatic N) is 3. The molecule has 0 saturated carbocycles. The summed E-state index contributed by atoms with van der Waals surface area (Å²) >= 11 is 0. The van der Waals surface area contributed by atoms with Crippen LogP contribution in [-0.2, 0) is 14.8 Å². The Morgan fingerprint density at radius 1 is 1.04 bits per heavy atom. The van der Waals surface area contributed by atoms with Gasteiger partial charge in [-0.15, -0.1) is 0 Å². The van der Waals surface area contributed by atoms with E-state index in [1.165, 1.54) is 16.2 Å². The third-order valence-corrected chi connectivity index (χ3v) is 6.11. The maximum atomic E-state index is 12.5. The number of para-hydroxylation sites is 1. The second-order valence-corrected chi connectivity index (χ2v) is 8.80. The Kier molecular flexibility index (Phi) is 7.90. The SMILES string of the molecule is CCCCCN(CCC(=O)N1CCN(c2ccccc2)CC1)S(C)(=O)=O. The molecule has 1 amide bonds. The molecule has 0 bridgehead atoms. The molecule has 0 spiro atoms. The summed E-state index contributed by atoms with van der Waals surface area (Å²) in [4.78, 5) is 16.6. The van der Waals surface area contributed by atoms with Gasteiger partial charge >= 0.3 is 0 Å². The molecule has 2 rings (SSSR count). The van der Waals surface area contributed by atoms with Crippen LogP contribution in [0.5, 0.6) is 0 Å². The van der Waals surface area contributed by atoms with E-state index in [-0.39, 0.29) is 18.9 Å². The molecule has 0 radical (unpaired) electrons. The first-order valence-corrected chi connectivity index (χ1v) is 11.3. The molecule has 0 aromatic heterocycles. The van der Waals surface area contributed by atoms with Gasteiger partial charge < -0.3 is 9.80 Å². The van der Waals surface area contributed by atoms with Crippen molar-refractivity contribution in [2.24, 2.45) is 0 Å². The van der Waals surface area contributed by atoms with E-state index < -0.39 is 10.0 Å². The van der Waals surface area contributed by atoms with E-state index in [1.807, 2.05) is 23.1 Å². The van der Waals surface area contributed by atoms with Gasteiger partial charge in [-0.2, -0.15) is 0 Å². The maximum Gasteiger partial charge on any atom is 0.224 e. The van der Waals surface area contributed by atoms with Gasteiger partial charge in [0, 0.05) is 51.4 Å². The van der Waals surface area contributed by atoms with Gasteiger partial charge in [0.05, 0.1) is 6.26 Å². The summed E-state index contributed by atoms with van der Waals surface area (Å²) in [6.07, 6.45) is 4.36. The van der Waals surface area contributed by atoms with Crippen LogP contribution >= 0.6 is 0 Å². The van der Waals surface area contributed by atoms with Crippen LogP contribution in [-0.4, -0.2) is 69.1 Å². The Morgan fingerprint density at radius 3 is 2.27 bits per heavy atom. The van der Waals surface area contributed by atoms with E-state index in [1.54, 1.807) is 0 Å². The van der Waals surface area contributed by atoms with Crippen LogP contribution in [0.2, 0.25) is 0 Å². The largest absolute Gasteiger partial charge is 0.368 e. The summed E-state index contributed by atoms with van der Waals surface area (Å²) in [7, 11) is -3.26. The van der Waals surface area contributed by atoms with E-state index in [0.717, 1.165) is 32.4 Å². The summed E-state index contributed by atoms with van der Waals surface area (Å²) in [5.41, 5.74) is 1.18. The quantitative estimate of drug-likeness (QED) is 0.615. The summed E-state index contributed by atoms with van der Waals surface area (Å²) in [6, 6.07) is 10.2. The Labute approximate surface area is 157 Å². The highest BCUT2D eigenvalue weighted by molar-refractivity contribution is 7.88. The van der Waals surface area contributed by atoms with Gasteiger partial charge in [0.25, 0.3) is 0 Å². The zero-order chi connectivity index (χ0) is 19.0. The zero-order valence-electron chi connectivity index (χ0n) is 15.9. The van der Waals surface area contributed by atoms with Crippen molar-refractivity contribution in [2.45, 2.75) is 32.6 Å². The number of carbonyl (C=O) groups excluding carboxylic acids is 1. The van der Waals surface area contributed by atoms with E-state index >= 15 is 0 Å². The number of carbonyl (C=O) groups is 1. The maximum absolute atomic E-state index is 12.5. The Hall–Kier alpha value is -1.60. The molecule has 0 N–H and O–H groups in total. The van der Waals surface area contributed by atoms with Gasteiger partial charge in [0.2, 0.25) is 15.9 Å². The van der Waals surface area contributed by atoms with E-state index in [9.17, 15) is 13.2 Å². The summed E-state index contributed by atoms with van der Waals surface area (Å²) < 4.78 is 25.3. The van der Waals surface area contributed by atoms with Crippen molar-refractivity contribution in [3.8, 4) is 0 Å². The second kappa shape index (κ2) is 9.92. The first-order chi connectivity index (χ1) is 12.4. The van der Waals surface area contributed by atoms with Gasteiger partial charge in [0.1, 0.15) is 0 Å².